The minimum atomic E-state index is -0.506. The lowest BCUT2D eigenvalue weighted by atomic mass is 10.1. The van der Waals surface area contributed by atoms with Crippen LogP contribution in [0.4, 0.5) is 0 Å². The summed E-state index contributed by atoms with van der Waals surface area (Å²) < 4.78 is 5.72. The molecule has 0 spiro atoms. The number of hydrogen-bond acceptors (Lipinski definition) is 4. The number of ether oxygens (including phenoxy) is 1. The van der Waals surface area contributed by atoms with E-state index in [0.717, 1.165) is 43.9 Å². The Morgan fingerprint density at radius 3 is 2.73 bits per heavy atom. The Morgan fingerprint density at radius 2 is 2.05 bits per heavy atom. The summed E-state index contributed by atoms with van der Waals surface area (Å²) in [7, 11) is 0. The molecule has 0 saturated heterocycles. The van der Waals surface area contributed by atoms with Gasteiger partial charge in [-0.25, -0.2) is 0 Å². The highest BCUT2D eigenvalue weighted by atomic mass is 16.5. The van der Waals surface area contributed by atoms with Crippen molar-refractivity contribution in [1.29, 1.82) is 0 Å². The van der Waals surface area contributed by atoms with Crippen molar-refractivity contribution in [1.82, 2.24) is 10.2 Å². The molecule has 4 heteroatoms. The van der Waals surface area contributed by atoms with Crippen LogP contribution in [0.15, 0.2) is 36.9 Å². The molecule has 0 heterocycles. The van der Waals surface area contributed by atoms with Crippen molar-refractivity contribution in [2.24, 2.45) is 0 Å². The minimum Gasteiger partial charge on any atom is -0.491 e. The normalized spacial score (nSPS) is 12.4. The Bertz CT molecular complexity index is 419. The van der Waals surface area contributed by atoms with Gasteiger partial charge in [-0.3, -0.25) is 0 Å². The zero-order valence-electron chi connectivity index (χ0n) is 13.9. The van der Waals surface area contributed by atoms with E-state index in [1.165, 1.54) is 0 Å². The number of likely N-dealkylation sites (N-methyl/N-ethyl adjacent to an activating group) is 1. The quantitative estimate of drug-likeness (QED) is 0.458. The van der Waals surface area contributed by atoms with Crippen LogP contribution < -0.4 is 10.1 Å². The third-order valence-electron chi connectivity index (χ3n) is 3.65. The van der Waals surface area contributed by atoms with Gasteiger partial charge in [0.15, 0.2) is 0 Å². The molecule has 0 aromatic heterocycles. The van der Waals surface area contributed by atoms with E-state index in [-0.39, 0.29) is 0 Å². The number of hydrogen-bond donors (Lipinski definition) is 2. The molecule has 0 saturated carbocycles. The van der Waals surface area contributed by atoms with Crippen molar-refractivity contribution in [2.75, 3.05) is 39.3 Å². The number of nitrogens with one attached hydrogen (secondary N) is 1. The van der Waals surface area contributed by atoms with Crippen LogP contribution in [-0.4, -0.2) is 55.4 Å². The summed E-state index contributed by atoms with van der Waals surface area (Å²) in [5.41, 5.74) is 1.10. The number of para-hydroxylation sites is 1. The molecule has 0 bridgehead atoms. The molecule has 0 aliphatic carbocycles. The highest BCUT2D eigenvalue weighted by Crippen LogP contribution is 2.18. The van der Waals surface area contributed by atoms with E-state index in [1.54, 1.807) is 0 Å². The van der Waals surface area contributed by atoms with Gasteiger partial charge in [-0.1, -0.05) is 38.1 Å². The van der Waals surface area contributed by atoms with E-state index in [2.05, 4.69) is 30.6 Å². The lowest BCUT2D eigenvalue weighted by Gasteiger charge is -2.19. The van der Waals surface area contributed by atoms with Crippen molar-refractivity contribution in [3.8, 4) is 5.75 Å². The van der Waals surface area contributed by atoms with Crippen LogP contribution in [0.3, 0.4) is 0 Å². The molecule has 1 aromatic rings. The van der Waals surface area contributed by atoms with E-state index >= 15 is 0 Å². The predicted octanol–water partition coefficient (Wildman–Crippen LogP) is 2.09. The summed E-state index contributed by atoms with van der Waals surface area (Å²) in [6.45, 7) is 12.9. The molecule has 1 rings (SSSR count). The number of aliphatic hydroxyl groups excluding tert-OH is 1. The molecule has 22 heavy (non-hydrogen) atoms. The summed E-state index contributed by atoms with van der Waals surface area (Å²) in [5, 5.41) is 13.3. The summed E-state index contributed by atoms with van der Waals surface area (Å²) in [4.78, 5) is 2.35. The topological polar surface area (TPSA) is 44.7 Å². The first-order valence-corrected chi connectivity index (χ1v) is 8.13. The molecule has 0 aliphatic heterocycles. The number of allylic oxidation sites excluding steroid dienone is 1. The largest absolute Gasteiger partial charge is 0.491 e. The molecule has 4 nitrogen and oxygen atoms in total. The molecule has 2 N–H and O–H groups in total. The molecule has 1 unspecified atom stereocenters. The maximum absolute atomic E-state index is 9.99. The van der Waals surface area contributed by atoms with Crippen molar-refractivity contribution in [3.63, 3.8) is 0 Å². The van der Waals surface area contributed by atoms with Crippen LogP contribution in [0.2, 0.25) is 0 Å². The SMILES string of the molecule is C=CCc1ccccc1OCC(O)CNCCN(CC)CC. The second kappa shape index (κ2) is 11.2. The van der Waals surface area contributed by atoms with E-state index in [9.17, 15) is 5.11 Å². The first kappa shape index (κ1) is 18.7. The summed E-state index contributed by atoms with van der Waals surface area (Å²) in [6, 6.07) is 7.87. The molecule has 0 fully saturated rings. The van der Waals surface area contributed by atoms with Gasteiger partial charge in [0.05, 0.1) is 0 Å². The van der Waals surface area contributed by atoms with Crippen LogP contribution in [0.5, 0.6) is 5.75 Å². The zero-order valence-corrected chi connectivity index (χ0v) is 13.9. The molecule has 1 aromatic carbocycles. The fourth-order valence-corrected chi connectivity index (χ4v) is 2.26. The number of nitrogens with zero attached hydrogens (tertiary/aromatic N) is 1. The van der Waals surface area contributed by atoms with Crippen LogP contribution in [0, 0.1) is 0 Å². The number of rotatable bonds is 12. The Kier molecular flexibility index (Phi) is 9.55. The molecular weight excluding hydrogens is 276 g/mol. The highest BCUT2D eigenvalue weighted by molar-refractivity contribution is 5.34. The van der Waals surface area contributed by atoms with Gasteiger partial charge in [-0.15, -0.1) is 6.58 Å². The van der Waals surface area contributed by atoms with Crippen molar-refractivity contribution in [2.45, 2.75) is 26.4 Å². The summed E-state index contributed by atoms with van der Waals surface area (Å²) in [6.07, 6.45) is 2.12. The van der Waals surface area contributed by atoms with Gasteiger partial charge < -0.3 is 20.1 Å². The van der Waals surface area contributed by atoms with E-state index in [0.29, 0.717) is 13.2 Å². The monoisotopic (exact) mass is 306 g/mol. The first-order chi connectivity index (χ1) is 10.7. The second-order valence-electron chi connectivity index (χ2n) is 5.30. The maximum Gasteiger partial charge on any atom is 0.122 e. The van der Waals surface area contributed by atoms with Gasteiger partial charge in [0.25, 0.3) is 0 Å². The van der Waals surface area contributed by atoms with Gasteiger partial charge >= 0.3 is 0 Å². The van der Waals surface area contributed by atoms with Gasteiger partial charge in [0, 0.05) is 19.6 Å². The van der Waals surface area contributed by atoms with Crippen molar-refractivity contribution >= 4 is 0 Å². The number of aliphatic hydroxyl groups is 1. The van der Waals surface area contributed by atoms with E-state index in [4.69, 9.17) is 4.74 Å². The fourth-order valence-electron chi connectivity index (χ4n) is 2.26. The van der Waals surface area contributed by atoms with Gasteiger partial charge in [-0.05, 0) is 31.1 Å². The van der Waals surface area contributed by atoms with Gasteiger partial charge in [-0.2, -0.15) is 0 Å². The van der Waals surface area contributed by atoms with Crippen LogP contribution in [-0.2, 0) is 6.42 Å². The zero-order chi connectivity index (χ0) is 16.2. The van der Waals surface area contributed by atoms with Gasteiger partial charge in [0.1, 0.15) is 18.5 Å². The highest BCUT2D eigenvalue weighted by Gasteiger charge is 2.07. The van der Waals surface area contributed by atoms with Crippen LogP contribution in [0.1, 0.15) is 19.4 Å². The maximum atomic E-state index is 9.99. The van der Waals surface area contributed by atoms with Crippen molar-refractivity contribution < 1.29 is 9.84 Å². The van der Waals surface area contributed by atoms with Crippen LogP contribution in [0.25, 0.3) is 0 Å². The molecule has 124 valence electrons. The molecule has 1 atom stereocenters. The molecule has 0 radical (unpaired) electrons. The predicted molar refractivity (Wildman–Crippen MR) is 92.5 cm³/mol. The molecule has 0 amide bonds. The lowest BCUT2D eigenvalue weighted by Crippen LogP contribution is -2.37. The second-order valence-corrected chi connectivity index (χ2v) is 5.30. The summed E-state index contributed by atoms with van der Waals surface area (Å²) >= 11 is 0. The van der Waals surface area contributed by atoms with Crippen LogP contribution >= 0.6 is 0 Å². The van der Waals surface area contributed by atoms with Gasteiger partial charge in [0.2, 0.25) is 0 Å². The first-order valence-electron chi connectivity index (χ1n) is 8.13. The average Bonchev–Trinajstić information content (AvgIpc) is 2.54. The lowest BCUT2D eigenvalue weighted by molar-refractivity contribution is 0.105. The number of benzene rings is 1. The Morgan fingerprint density at radius 1 is 1.32 bits per heavy atom. The smallest absolute Gasteiger partial charge is 0.122 e. The molecular formula is C18H30N2O2. The van der Waals surface area contributed by atoms with Crippen molar-refractivity contribution in [3.05, 3.63) is 42.5 Å². The van der Waals surface area contributed by atoms with E-state index < -0.39 is 6.10 Å². The molecule has 0 aliphatic rings. The third-order valence-corrected chi connectivity index (χ3v) is 3.65. The Balaban J connectivity index is 2.25. The fraction of sp³-hybridized carbons (Fsp3) is 0.556. The Hall–Kier alpha value is -1.36. The Labute approximate surface area is 134 Å². The summed E-state index contributed by atoms with van der Waals surface area (Å²) in [5.74, 6) is 0.824. The average molecular weight is 306 g/mol. The minimum absolute atomic E-state index is 0.298. The van der Waals surface area contributed by atoms with E-state index in [1.807, 2.05) is 30.3 Å². The standard InChI is InChI=1S/C18H30N2O2/c1-4-9-16-10-7-8-11-18(16)22-15-17(21)14-19-12-13-20(5-2)6-3/h4,7-8,10-11,17,19,21H,1,5-6,9,12-15H2,2-3H3. The third kappa shape index (κ3) is 7.07.